The molecular weight excluding hydrogens is 290 g/mol. The molecule has 7 heteroatoms. The first-order valence-electron chi connectivity index (χ1n) is 5.02. The van der Waals surface area contributed by atoms with Gasteiger partial charge in [0.15, 0.2) is 0 Å². The Morgan fingerprint density at radius 3 is 2.58 bits per heavy atom. The van der Waals surface area contributed by atoms with Gasteiger partial charge in [0.05, 0.1) is 4.92 Å². The summed E-state index contributed by atoms with van der Waals surface area (Å²) in [6, 6.07) is 3.57. The van der Waals surface area contributed by atoms with Gasteiger partial charge in [-0.15, -0.1) is 12.3 Å². The van der Waals surface area contributed by atoms with Gasteiger partial charge in [-0.05, 0) is 6.07 Å². The molecule has 0 aliphatic heterocycles. The van der Waals surface area contributed by atoms with Crippen molar-refractivity contribution in [2.75, 3.05) is 0 Å². The molecule has 98 valence electrons. The van der Waals surface area contributed by atoms with Crippen LogP contribution in [0.2, 0.25) is 0 Å². The van der Waals surface area contributed by atoms with Gasteiger partial charge in [0.1, 0.15) is 10.5 Å². The lowest BCUT2D eigenvalue weighted by Gasteiger charge is -2.01. The Balaban J connectivity index is 3.42. The minimum Gasteiger partial charge on any atom is -0.258 e. The first-order chi connectivity index (χ1) is 8.88. The predicted octanol–water partition coefficient (Wildman–Crippen LogP) is 2.29. The Morgan fingerprint density at radius 1 is 1.37 bits per heavy atom. The molecule has 1 rings (SSSR count). The van der Waals surface area contributed by atoms with Crippen LogP contribution in [0.15, 0.2) is 23.1 Å². The van der Waals surface area contributed by atoms with Gasteiger partial charge in [-0.1, -0.05) is 17.9 Å². The third-order valence-corrected chi connectivity index (χ3v) is 3.44. The lowest BCUT2D eigenvalue weighted by atomic mass is 10.1. The number of hydrogen-bond acceptors (Lipinski definition) is 4. The van der Waals surface area contributed by atoms with Crippen molar-refractivity contribution in [2.45, 2.75) is 17.7 Å². The number of nitro groups is 1. The van der Waals surface area contributed by atoms with E-state index in [-0.39, 0.29) is 10.5 Å². The summed E-state index contributed by atoms with van der Waals surface area (Å²) in [6.45, 7) is 0. The Morgan fingerprint density at radius 2 is 2.05 bits per heavy atom. The number of halogens is 1. The number of benzene rings is 1. The first kappa shape index (κ1) is 15.0. The van der Waals surface area contributed by atoms with Crippen LogP contribution in [0, 0.1) is 34.3 Å². The van der Waals surface area contributed by atoms with E-state index in [1.54, 1.807) is 0 Å². The zero-order valence-electron chi connectivity index (χ0n) is 9.59. The molecular formula is C12H8ClNO4S. The van der Waals surface area contributed by atoms with Crippen LogP contribution in [-0.2, 0) is 9.05 Å². The fraction of sp³-hybridized carbons (Fsp3) is 0.167. The molecule has 0 saturated heterocycles. The Kier molecular flexibility index (Phi) is 4.94. The van der Waals surface area contributed by atoms with Crippen molar-refractivity contribution < 1.29 is 13.3 Å². The molecule has 19 heavy (non-hydrogen) atoms. The Bertz CT molecular complexity index is 707. The highest BCUT2D eigenvalue weighted by Crippen LogP contribution is 2.27. The summed E-state index contributed by atoms with van der Waals surface area (Å²) in [6.07, 6.45) is 5.72. The number of nitro benzene ring substituents is 1. The van der Waals surface area contributed by atoms with Crippen molar-refractivity contribution in [3.8, 4) is 24.2 Å². The highest BCUT2D eigenvalue weighted by atomic mass is 35.7. The number of rotatable bonds is 3. The van der Waals surface area contributed by atoms with Crippen molar-refractivity contribution in [3.05, 3.63) is 33.9 Å². The molecule has 0 aliphatic carbocycles. The van der Waals surface area contributed by atoms with Crippen molar-refractivity contribution >= 4 is 25.4 Å². The number of nitrogens with zero attached hydrogens (tertiary/aromatic N) is 1. The van der Waals surface area contributed by atoms with Crippen molar-refractivity contribution in [3.63, 3.8) is 0 Å². The molecule has 0 unspecified atom stereocenters. The second-order valence-electron chi connectivity index (χ2n) is 3.35. The quantitative estimate of drug-likeness (QED) is 0.282. The maximum Gasteiger partial charge on any atom is 0.286 e. The minimum atomic E-state index is -4.11. The number of hydrogen-bond donors (Lipinski definition) is 0. The molecule has 0 aromatic heterocycles. The highest BCUT2D eigenvalue weighted by molar-refractivity contribution is 8.13. The van der Waals surface area contributed by atoms with E-state index in [1.165, 1.54) is 12.1 Å². The second-order valence-corrected chi connectivity index (χ2v) is 5.89. The zero-order valence-corrected chi connectivity index (χ0v) is 11.2. The van der Waals surface area contributed by atoms with Gasteiger partial charge >= 0.3 is 0 Å². The fourth-order valence-corrected chi connectivity index (χ4v) is 2.31. The molecule has 5 nitrogen and oxygen atoms in total. The first-order valence-corrected chi connectivity index (χ1v) is 7.33. The van der Waals surface area contributed by atoms with Gasteiger partial charge in [0.25, 0.3) is 14.7 Å². The van der Waals surface area contributed by atoms with Crippen LogP contribution in [0.25, 0.3) is 0 Å². The van der Waals surface area contributed by atoms with Gasteiger partial charge < -0.3 is 0 Å². The summed E-state index contributed by atoms with van der Waals surface area (Å²) < 4.78 is 22.7. The van der Waals surface area contributed by atoms with Crippen LogP contribution in [0.3, 0.4) is 0 Å². The Hall–Kier alpha value is -2.02. The smallest absolute Gasteiger partial charge is 0.258 e. The van der Waals surface area contributed by atoms with E-state index in [2.05, 4.69) is 17.8 Å². The standard InChI is InChI=1S/C12H8ClNO4S/c1-2-3-4-5-7-10-11(14(15)16)8-6-9-12(10)19(13,17)18/h1,6,8-9H,3-4H2. The molecule has 0 fully saturated rings. The summed E-state index contributed by atoms with van der Waals surface area (Å²) in [4.78, 5) is 9.77. The van der Waals surface area contributed by atoms with Crippen LogP contribution in [0.4, 0.5) is 5.69 Å². The maximum absolute atomic E-state index is 11.4. The van der Waals surface area contributed by atoms with Crippen molar-refractivity contribution in [2.24, 2.45) is 0 Å². The predicted molar refractivity (Wildman–Crippen MR) is 71.1 cm³/mol. The lowest BCUT2D eigenvalue weighted by Crippen LogP contribution is -2.00. The molecule has 0 radical (unpaired) electrons. The molecule has 0 heterocycles. The normalized spacial score (nSPS) is 10.1. The Labute approximate surface area is 115 Å². The summed E-state index contributed by atoms with van der Waals surface area (Å²) in [5.41, 5.74) is -0.630. The van der Waals surface area contributed by atoms with Gasteiger partial charge in [-0.25, -0.2) is 8.42 Å². The topological polar surface area (TPSA) is 77.3 Å². The third-order valence-electron chi connectivity index (χ3n) is 2.07. The van der Waals surface area contributed by atoms with E-state index < -0.39 is 19.7 Å². The summed E-state index contributed by atoms with van der Waals surface area (Å²) in [7, 11) is 1.12. The molecule has 0 amide bonds. The van der Waals surface area contributed by atoms with Crippen LogP contribution in [-0.4, -0.2) is 13.3 Å². The summed E-state index contributed by atoms with van der Waals surface area (Å²) in [5.74, 6) is 7.40. The average molecular weight is 298 g/mol. The van der Waals surface area contributed by atoms with Crippen LogP contribution >= 0.6 is 10.7 Å². The summed E-state index contributed by atoms with van der Waals surface area (Å²) >= 11 is 0. The number of terminal acetylenes is 1. The van der Waals surface area contributed by atoms with Crippen LogP contribution in [0.5, 0.6) is 0 Å². The van der Waals surface area contributed by atoms with Crippen LogP contribution in [0.1, 0.15) is 18.4 Å². The number of unbranched alkanes of at least 4 members (excludes halogenated alkanes) is 1. The van der Waals surface area contributed by atoms with E-state index in [4.69, 9.17) is 17.1 Å². The maximum atomic E-state index is 11.4. The van der Waals surface area contributed by atoms with E-state index in [0.717, 1.165) is 6.07 Å². The van der Waals surface area contributed by atoms with E-state index in [0.29, 0.717) is 12.8 Å². The third kappa shape index (κ3) is 3.99. The molecule has 0 N–H and O–H groups in total. The molecule has 0 aliphatic rings. The van der Waals surface area contributed by atoms with E-state index in [9.17, 15) is 18.5 Å². The van der Waals surface area contributed by atoms with Crippen LogP contribution < -0.4 is 0 Å². The monoisotopic (exact) mass is 297 g/mol. The lowest BCUT2D eigenvalue weighted by molar-refractivity contribution is -0.385. The fourth-order valence-electron chi connectivity index (χ4n) is 1.29. The zero-order chi connectivity index (χ0) is 14.5. The van der Waals surface area contributed by atoms with Gasteiger partial charge in [-0.2, -0.15) is 0 Å². The highest BCUT2D eigenvalue weighted by Gasteiger charge is 2.22. The molecule has 0 spiro atoms. The average Bonchev–Trinajstić information content (AvgIpc) is 2.33. The van der Waals surface area contributed by atoms with E-state index in [1.807, 2.05) is 0 Å². The minimum absolute atomic E-state index is 0.223. The van der Waals surface area contributed by atoms with Crippen molar-refractivity contribution in [1.29, 1.82) is 0 Å². The molecule has 1 aromatic rings. The molecule has 0 bridgehead atoms. The largest absolute Gasteiger partial charge is 0.286 e. The molecule has 1 aromatic carbocycles. The van der Waals surface area contributed by atoms with Crippen molar-refractivity contribution in [1.82, 2.24) is 0 Å². The SMILES string of the molecule is C#CCCC#Cc1c([N+](=O)[O-])cccc1S(=O)(=O)Cl. The van der Waals surface area contributed by atoms with Gasteiger partial charge in [0.2, 0.25) is 0 Å². The summed E-state index contributed by atoms with van der Waals surface area (Å²) in [5, 5.41) is 10.9. The molecule has 0 atom stereocenters. The van der Waals surface area contributed by atoms with Gasteiger partial charge in [0, 0.05) is 29.6 Å². The molecule has 0 saturated carbocycles. The second kappa shape index (κ2) is 6.24. The van der Waals surface area contributed by atoms with E-state index >= 15 is 0 Å². The van der Waals surface area contributed by atoms with Gasteiger partial charge in [-0.3, -0.25) is 10.1 Å².